The van der Waals surface area contributed by atoms with Crippen LogP contribution in [-0.4, -0.2) is 54.7 Å². The van der Waals surface area contributed by atoms with Crippen LogP contribution in [0.1, 0.15) is 6.23 Å². The minimum atomic E-state index is -6.17. The fraction of sp³-hybridized carbons (Fsp3) is 0.155. The Morgan fingerprint density at radius 2 is 0.869 bits per heavy atom. The van der Waals surface area contributed by atoms with Gasteiger partial charge in [-0.2, -0.15) is 4.98 Å². The van der Waals surface area contributed by atoms with Crippen molar-refractivity contribution in [2.75, 3.05) is 12.3 Å². The number of nitrogens with one attached hydrogen (secondary N) is 1. The molecule has 5 N–H and O–H groups in total. The molecule has 84 heavy (non-hydrogen) atoms. The van der Waals surface area contributed by atoms with Gasteiger partial charge >= 0.3 is 0 Å². The van der Waals surface area contributed by atoms with E-state index in [-0.39, 0.29) is 17.1 Å². The van der Waals surface area contributed by atoms with E-state index in [2.05, 4.69) is 223 Å². The Morgan fingerprint density at radius 1 is 0.536 bits per heavy atom. The van der Waals surface area contributed by atoms with E-state index in [1.165, 1.54) is 44.5 Å². The molecular weight excluding hydrogens is 1140 g/mol. The van der Waals surface area contributed by atoms with Crippen molar-refractivity contribution in [1.82, 2.24) is 19.5 Å². The van der Waals surface area contributed by atoms with Crippen LogP contribution < -0.4 is 49.1 Å². The normalized spacial score (nSPS) is 16.8. The van der Waals surface area contributed by atoms with Gasteiger partial charge in [-0.3, -0.25) is 27.8 Å². The lowest BCUT2D eigenvalue weighted by molar-refractivity contribution is -0.671. The topological polar surface area (TPSA) is 326 Å². The number of nitrogen functional groups attached to an aromatic ring is 1. The summed E-state index contributed by atoms with van der Waals surface area (Å²) in [6, 6.07) is 58.5. The maximum absolute atomic E-state index is 11.8. The van der Waals surface area contributed by atoms with Crippen molar-refractivity contribution in [3.8, 4) is 44.5 Å². The average molecular weight is 1200 g/mol. The number of rotatable bonds is 12. The van der Waals surface area contributed by atoms with Crippen molar-refractivity contribution >= 4 is 40.6 Å². The molecule has 1 aliphatic rings. The number of nitrogens with two attached hydrogens (primary N) is 1. The molecule has 436 valence electrons. The van der Waals surface area contributed by atoms with Crippen LogP contribution in [0.25, 0.3) is 55.7 Å². The molecule has 6 atom stereocenters. The highest BCUT2D eigenvalue weighted by atomic mass is 31.3. The predicted molar refractivity (Wildman–Crippen MR) is 302 cm³/mol. The summed E-state index contributed by atoms with van der Waals surface area (Å²) in [6.45, 7) is -1.13. The number of H-pyrrole nitrogens is 1. The number of imidazole rings is 1. The van der Waals surface area contributed by atoms with Crippen LogP contribution in [0.3, 0.4) is 0 Å². The number of benzene rings is 4. The van der Waals surface area contributed by atoms with E-state index in [0.717, 1.165) is 10.9 Å². The molecule has 7 heterocycles. The lowest BCUT2D eigenvalue weighted by atomic mass is 10.1. The van der Waals surface area contributed by atoms with Crippen LogP contribution in [0.4, 0.5) is 5.95 Å². The first-order chi connectivity index (χ1) is 40.0. The molecule has 0 amide bonds. The van der Waals surface area contributed by atoms with Gasteiger partial charge in [-0.25, -0.2) is 27.6 Å². The van der Waals surface area contributed by atoms with Crippen LogP contribution >= 0.6 is 23.5 Å². The number of phosphoric acid groups is 3. The Hall–Kier alpha value is -8.08. The molecule has 23 nitrogen and oxygen atoms in total. The van der Waals surface area contributed by atoms with Gasteiger partial charge in [-0.15, -0.1) is 0 Å². The van der Waals surface area contributed by atoms with E-state index in [4.69, 9.17) is 10.5 Å². The fourth-order valence-corrected chi connectivity index (χ4v) is 10.8. The van der Waals surface area contributed by atoms with Gasteiger partial charge in [0.1, 0.15) is 46.5 Å². The molecule has 1 saturated heterocycles. The number of aromatic amines is 1. The zero-order chi connectivity index (χ0) is 60.4. The maximum Gasteiger partial charge on any atom is 0.280 e. The lowest BCUT2D eigenvalue weighted by Crippen LogP contribution is -2.34. The van der Waals surface area contributed by atoms with Crippen molar-refractivity contribution in [3.63, 3.8) is 0 Å². The Balaban J connectivity index is 0.000000162. The van der Waals surface area contributed by atoms with Crippen molar-refractivity contribution < 1.29 is 79.6 Å². The first-order valence-corrected chi connectivity index (χ1v) is 29.9. The van der Waals surface area contributed by atoms with E-state index in [1.807, 2.05) is 70.7 Å². The molecule has 0 spiro atoms. The Kier molecular flexibility index (Phi) is 22.3. The number of aliphatic hydroxyl groups excluding tert-OH is 2. The molecule has 10 aromatic rings. The molecule has 6 aromatic heterocycles. The lowest BCUT2D eigenvalue weighted by Gasteiger charge is -2.37. The number of aromatic nitrogens is 8. The third-order valence-electron chi connectivity index (χ3n) is 12.2. The number of anilines is 1. The summed E-state index contributed by atoms with van der Waals surface area (Å²) in [5.41, 5.74) is 14.5. The van der Waals surface area contributed by atoms with Crippen molar-refractivity contribution in [2.45, 2.75) is 24.5 Å². The van der Waals surface area contributed by atoms with E-state index in [1.54, 1.807) is 0 Å². The number of ether oxygens (including phenoxy) is 1. The molecule has 26 heteroatoms. The van der Waals surface area contributed by atoms with Gasteiger partial charge < -0.3 is 49.3 Å². The van der Waals surface area contributed by atoms with Crippen LogP contribution in [0.5, 0.6) is 0 Å². The van der Waals surface area contributed by atoms with E-state index >= 15 is 0 Å². The SMILES string of the molecule is C[n+]1ccc(-c2ccccc2)cc1.C[n+]1ccc(-c2ccccc2)cc1.C[n+]1ccc(-c2ccccc2)cc1.C[n+]1ccc(-c2ccccc2)cc1.Nc1nc2c(ncn2[C@@H]2O[C@H](COP(=O)([O-])OP(=O)([O-])OP(=O)([O-])[O-])[C@@H](O)[C@H]2O)c(=O)[nH]1. The smallest absolute Gasteiger partial charge is 0.280 e. The summed E-state index contributed by atoms with van der Waals surface area (Å²) in [7, 11) is -10.1. The summed E-state index contributed by atoms with van der Waals surface area (Å²) in [4.78, 5) is 65.0. The van der Waals surface area contributed by atoms with Gasteiger partial charge in [0, 0.05) is 48.5 Å². The zero-order valence-electron chi connectivity index (χ0n) is 45.7. The maximum atomic E-state index is 11.8. The van der Waals surface area contributed by atoms with Gasteiger partial charge in [-0.05, 0) is 44.5 Å². The molecule has 4 aromatic carbocycles. The van der Waals surface area contributed by atoms with Crippen molar-refractivity contribution in [2.24, 2.45) is 28.2 Å². The molecular formula is C58H60N9O14P3. The highest BCUT2D eigenvalue weighted by molar-refractivity contribution is 7.64. The van der Waals surface area contributed by atoms with E-state index < -0.39 is 60.2 Å². The second-order valence-corrected chi connectivity index (χ2v) is 22.8. The van der Waals surface area contributed by atoms with E-state index in [0.29, 0.717) is 0 Å². The first kappa shape index (κ1) is 63.5. The summed E-state index contributed by atoms with van der Waals surface area (Å²) >= 11 is 0. The molecule has 1 aliphatic heterocycles. The van der Waals surface area contributed by atoms with Crippen LogP contribution in [0.15, 0.2) is 231 Å². The van der Waals surface area contributed by atoms with Gasteiger partial charge in [0.2, 0.25) is 5.95 Å². The standard InChI is InChI=1S/4C12H12N.C10H16N5O14P3/c4*1-13-9-7-12(8-10-13)11-5-3-2-4-6-11;11-10-13-7-4(8(18)14-10)12-2-15(7)9-6(17)5(16)3(27-9)1-26-31(22,23)29-32(24,25)28-30(19,20)21/h4*2-10H,1H3;2-3,5-6,9,16-17H,1H2,(H,22,23)(H,24,25)(H2,19,20,21)(H3,11,13,14,18)/q4*+1;/p-4/t;;;;3-,5-,6-,9-/m....1/s1. The minimum absolute atomic E-state index is 0.147. The molecule has 0 radical (unpaired) electrons. The van der Waals surface area contributed by atoms with Crippen molar-refractivity contribution in [3.05, 3.63) is 236 Å². The number of nitrogens with zero attached hydrogens (tertiary/aromatic N) is 7. The molecule has 0 saturated carbocycles. The van der Waals surface area contributed by atoms with Gasteiger partial charge in [0.05, 0.1) is 20.8 Å². The summed E-state index contributed by atoms with van der Waals surface area (Å²) in [5.74, 6) is -0.299. The largest absolute Gasteiger partial charge is 0.790 e. The van der Waals surface area contributed by atoms with Gasteiger partial charge in [0.15, 0.2) is 67.0 Å². The second-order valence-electron chi connectivity index (χ2n) is 18.6. The van der Waals surface area contributed by atoms with Crippen LogP contribution in [-0.2, 0) is 59.8 Å². The number of aryl methyl sites for hydroxylation is 4. The number of fused-ring (bicyclic) bond motifs is 1. The quantitative estimate of drug-likeness (QED) is 0.0997. The number of hydrogen-bond acceptors (Lipinski definition) is 17. The highest BCUT2D eigenvalue weighted by Crippen LogP contribution is 2.60. The highest BCUT2D eigenvalue weighted by Gasteiger charge is 2.45. The Bertz CT molecular complexity index is 3550. The first-order valence-electron chi connectivity index (χ1n) is 25.5. The van der Waals surface area contributed by atoms with Crippen molar-refractivity contribution in [1.29, 1.82) is 0 Å². The number of aliphatic hydroxyl groups is 2. The zero-order valence-corrected chi connectivity index (χ0v) is 48.4. The number of hydrogen-bond donors (Lipinski definition) is 4. The third-order valence-corrected chi connectivity index (χ3v) is 15.9. The van der Waals surface area contributed by atoms with Gasteiger partial charge in [-0.1, -0.05) is 121 Å². The number of phosphoric ester groups is 1. The molecule has 2 unspecified atom stereocenters. The fourth-order valence-electron chi connectivity index (χ4n) is 7.97. The van der Waals surface area contributed by atoms with Crippen LogP contribution in [0.2, 0.25) is 0 Å². The minimum Gasteiger partial charge on any atom is -0.790 e. The summed E-state index contributed by atoms with van der Waals surface area (Å²) in [5, 5.41) is 20.3. The van der Waals surface area contributed by atoms with Gasteiger partial charge in [0.25, 0.3) is 21.2 Å². The molecule has 0 bridgehead atoms. The monoisotopic (exact) mass is 1200 g/mol. The second kappa shape index (κ2) is 29.4. The predicted octanol–water partition coefficient (Wildman–Crippen LogP) is 3.85. The number of pyridine rings is 4. The molecule has 0 aliphatic carbocycles. The summed E-state index contributed by atoms with van der Waals surface area (Å²) in [6.07, 6.45) is 10.9. The Labute approximate surface area is 483 Å². The molecule has 1 fully saturated rings. The van der Waals surface area contributed by atoms with Crippen LogP contribution in [0, 0.1) is 0 Å². The third kappa shape index (κ3) is 19.2. The molecule has 11 rings (SSSR count). The average Bonchev–Trinajstić information content (AvgIpc) is 2.53. The van der Waals surface area contributed by atoms with E-state index in [9.17, 15) is 48.3 Å². The summed E-state index contributed by atoms with van der Waals surface area (Å²) < 4.78 is 58.1. The Morgan fingerprint density at radius 3 is 1.20 bits per heavy atom.